The zero-order chi connectivity index (χ0) is 13.6. The SMILES string of the molecule is Cc1cc(C(=O)N2C3CCC2CC(O)C3)c(C)nn1. The third-order valence-corrected chi connectivity index (χ3v) is 4.27. The number of fused-ring (bicyclic) bond motifs is 2. The maximum absolute atomic E-state index is 12.7. The van der Waals surface area contributed by atoms with Crippen LogP contribution in [0.15, 0.2) is 6.07 Å². The van der Waals surface area contributed by atoms with Crippen LogP contribution in [0.4, 0.5) is 0 Å². The van der Waals surface area contributed by atoms with Crippen molar-refractivity contribution >= 4 is 5.91 Å². The van der Waals surface area contributed by atoms with Gasteiger partial charge in [-0.25, -0.2) is 0 Å². The van der Waals surface area contributed by atoms with E-state index in [4.69, 9.17) is 0 Å². The Morgan fingerprint density at radius 3 is 2.53 bits per heavy atom. The standard InChI is InChI=1S/C14H19N3O2/c1-8-5-13(9(2)16-15-8)14(19)17-10-3-4-11(17)7-12(18)6-10/h5,10-12,18H,3-4,6-7H2,1-2H3. The van der Waals surface area contributed by atoms with Gasteiger partial charge in [-0.1, -0.05) is 0 Å². The Morgan fingerprint density at radius 1 is 1.26 bits per heavy atom. The van der Waals surface area contributed by atoms with E-state index in [1.54, 1.807) is 0 Å². The Kier molecular flexibility index (Phi) is 3.01. The number of carbonyl (C=O) groups excluding carboxylic acids is 1. The highest BCUT2D eigenvalue weighted by atomic mass is 16.3. The Balaban J connectivity index is 1.90. The van der Waals surface area contributed by atoms with Gasteiger partial charge in [-0.05, 0) is 45.6 Å². The van der Waals surface area contributed by atoms with Gasteiger partial charge in [0.2, 0.25) is 0 Å². The van der Waals surface area contributed by atoms with E-state index in [0.29, 0.717) is 24.1 Å². The van der Waals surface area contributed by atoms with Gasteiger partial charge in [0, 0.05) is 12.1 Å². The molecule has 2 saturated heterocycles. The normalized spacial score (nSPS) is 29.6. The van der Waals surface area contributed by atoms with Gasteiger partial charge in [-0.3, -0.25) is 4.79 Å². The fourth-order valence-electron chi connectivity index (χ4n) is 3.39. The van der Waals surface area contributed by atoms with E-state index in [2.05, 4.69) is 10.2 Å². The Bertz CT molecular complexity index is 503. The van der Waals surface area contributed by atoms with E-state index >= 15 is 0 Å². The number of nitrogens with zero attached hydrogens (tertiary/aromatic N) is 3. The van der Waals surface area contributed by atoms with Crippen LogP contribution in [-0.4, -0.2) is 44.3 Å². The molecule has 5 heteroatoms. The van der Waals surface area contributed by atoms with Gasteiger partial charge in [-0.15, -0.1) is 0 Å². The molecule has 5 nitrogen and oxygen atoms in total. The molecule has 1 aromatic rings. The molecule has 2 aliphatic heterocycles. The van der Waals surface area contributed by atoms with Crippen LogP contribution in [-0.2, 0) is 0 Å². The topological polar surface area (TPSA) is 66.3 Å². The minimum Gasteiger partial charge on any atom is -0.393 e. The van der Waals surface area contributed by atoms with Crippen molar-refractivity contribution in [1.82, 2.24) is 15.1 Å². The molecule has 2 fully saturated rings. The van der Waals surface area contributed by atoms with E-state index in [9.17, 15) is 9.90 Å². The van der Waals surface area contributed by atoms with Gasteiger partial charge >= 0.3 is 0 Å². The summed E-state index contributed by atoms with van der Waals surface area (Å²) >= 11 is 0. The molecule has 0 aromatic carbocycles. The average molecular weight is 261 g/mol. The lowest BCUT2D eigenvalue weighted by atomic mass is 9.98. The van der Waals surface area contributed by atoms with Gasteiger partial charge in [-0.2, -0.15) is 10.2 Å². The molecule has 0 spiro atoms. The predicted octanol–water partition coefficient (Wildman–Crippen LogP) is 1.22. The number of aliphatic hydroxyl groups is 1. The van der Waals surface area contributed by atoms with Crippen molar-refractivity contribution in [2.24, 2.45) is 0 Å². The molecule has 3 heterocycles. The molecule has 3 rings (SSSR count). The van der Waals surface area contributed by atoms with Crippen LogP contribution in [0.2, 0.25) is 0 Å². The lowest BCUT2D eigenvalue weighted by Gasteiger charge is -2.37. The number of aryl methyl sites for hydroxylation is 2. The number of hydrogen-bond acceptors (Lipinski definition) is 4. The first-order valence-electron chi connectivity index (χ1n) is 6.88. The first-order chi connectivity index (χ1) is 9.06. The second-order valence-electron chi connectivity index (χ2n) is 5.71. The van der Waals surface area contributed by atoms with Crippen LogP contribution in [0, 0.1) is 13.8 Å². The Hall–Kier alpha value is -1.49. The van der Waals surface area contributed by atoms with Crippen molar-refractivity contribution in [2.45, 2.75) is 57.7 Å². The summed E-state index contributed by atoms with van der Waals surface area (Å²) in [6, 6.07) is 2.19. The smallest absolute Gasteiger partial charge is 0.256 e. The summed E-state index contributed by atoms with van der Waals surface area (Å²) in [4.78, 5) is 14.7. The van der Waals surface area contributed by atoms with Gasteiger partial charge in [0.15, 0.2) is 0 Å². The molecule has 19 heavy (non-hydrogen) atoms. The number of rotatable bonds is 1. The fraction of sp³-hybridized carbons (Fsp3) is 0.643. The molecular weight excluding hydrogens is 242 g/mol. The second kappa shape index (κ2) is 4.56. The van der Waals surface area contributed by atoms with E-state index in [0.717, 1.165) is 18.5 Å². The molecule has 2 aliphatic rings. The van der Waals surface area contributed by atoms with Crippen molar-refractivity contribution in [3.63, 3.8) is 0 Å². The zero-order valence-electron chi connectivity index (χ0n) is 11.3. The Morgan fingerprint density at radius 2 is 1.89 bits per heavy atom. The van der Waals surface area contributed by atoms with Gasteiger partial charge in [0.05, 0.1) is 23.1 Å². The lowest BCUT2D eigenvalue weighted by Crippen LogP contribution is -2.48. The molecule has 0 aliphatic carbocycles. The average Bonchev–Trinajstić information content (AvgIpc) is 2.64. The summed E-state index contributed by atoms with van der Waals surface area (Å²) in [7, 11) is 0. The van der Waals surface area contributed by atoms with Crippen LogP contribution < -0.4 is 0 Å². The Labute approximate surface area is 112 Å². The molecule has 102 valence electrons. The van der Waals surface area contributed by atoms with E-state index < -0.39 is 0 Å². The van der Waals surface area contributed by atoms with Crippen LogP contribution in [0.5, 0.6) is 0 Å². The van der Waals surface area contributed by atoms with Crippen LogP contribution in [0.1, 0.15) is 47.4 Å². The molecule has 0 radical (unpaired) electrons. The largest absolute Gasteiger partial charge is 0.393 e. The summed E-state index contributed by atoms with van der Waals surface area (Å²) < 4.78 is 0. The zero-order valence-corrected chi connectivity index (χ0v) is 11.3. The highest BCUT2D eigenvalue weighted by Gasteiger charge is 2.43. The maximum Gasteiger partial charge on any atom is 0.256 e. The van der Waals surface area contributed by atoms with Gasteiger partial charge in [0.1, 0.15) is 0 Å². The third-order valence-electron chi connectivity index (χ3n) is 4.27. The fourth-order valence-corrected chi connectivity index (χ4v) is 3.39. The number of aliphatic hydroxyl groups excluding tert-OH is 1. The first-order valence-corrected chi connectivity index (χ1v) is 6.88. The van der Waals surface area contributed by atoms with E-state index in [1.807, 2.05) is 24.8 Å². The quantitative estimate of drug-likeness (QED) is 0.825. The molecular formula is C14H19N3O2. The molecule has 2 unspecified atom stereocenters. The second-order valence-corrected chi connectivity index (χ2v) is 5.71. The number of piperidine rings is 1. The summed E-state index contributed by atoms with van der Waals surface area (Å²) in [6.07, 6.45) is 3.17. The number of aromatic nitrogens is 2. The van der Waals surface area contributed by atoms with Crippen molar-refractivity contribution in [3.8, 4) is 0 Å². The minimum atomic E-state index is -0.250. The van der Waals surface area contributed by atoms with Crippen molar-refractivity contribution in [3.05, 3.63) is 23.0 Å². The summed E-state index contributed by atoms with van der Waals surface area (Å²) in [5.41, 5.74) is 2.10. The highest BCUT2D eigenvalue weighted by Crippen LogP contribution is 2.36. The first kappa shape index (κ1) is 12.5. The number of amides is 1. The van der Waals surface area contributed by atoms with E-state index in [1.165, 1.54) is 0 Å². The van der Waals surface area contributed by atoms with Crippen LogP contribution >= 0.6 is 0 Å². The molecule has 2 atom stereocenters. The summed E-state index contributed by atoms with van der Waals surface area (Å²) in [5, 5.41) is 17.8. The van der Waals surface area contributed by atoms with Crippen LogP contribution in [0.25, 0.3) is 0 Å². The van der Waals surface area contributed by atoms with Crippen molar-refractivity contribution in [1.29, 1.82) is 0 Å². The van der Waals surface area contributed by atoms with Crippen LogP contribution in [0.3, 0.4) is 0 Å². The van der Waals surface area contributed by atoms with Crippen molar-refractivity contribution < 1.29 is 9.90 Å². The molecule has 1 amide bonds. The maximum atomic E-state index is 12.7. The third kappa shape index (κ3) is 2.12. The molecule has 2 bridgehead atoms. The van der Waals surface area contributed by atoms with Gasteiger partial charge < -0.3 is 10.0 Å². The summed E-state index contributed by atoms with van der Waals surface area (Å²) in [6.45, 7) is 3.66. The minimum absolute atomic E-state index is 0.0508. The number of hydrogen-bond donors (Lipinski definition) is 1. The van der Waals surface area contributed by atoms with E-state index in [-0.39, 0.29) is 24.1 Å². The number of carbonyl (C=O) groups is 1. The predicted molar refractivity (Wildman–Crippen MR) is 69.7 cm³/mol. The monoisotopic (exact) mass is 261 g/mol. The highest BCUT2D eigenvalue weighted by molar-refractivity contribution is 5.96. The molecule has 0 saturated carbocycles. The summed E-state index contributed by atoms with van der Waals surface area (Å²) in [5.74, 6) is 0.0508. The van der Waals surface area contributed by atoms with Crippen molar-refractivity contribution in [2.75, 3.05) is 0 Å². The molecule has 1 aromatic heterocycles. The van der Waals surface area contributed by atoms with Gasteiger partial charge in [0.25, 0.3) is 5.91 Å². The molecule has 1 N–H and O–H groups in total. The lowest BCUT2D eigenvalue weighted by molar-refractivity contribution is 0.0286.